The van der Waals surface area contributed by atoms with E-state index in [-0.39, 0.29) is 18.9 Å². The molecule has 20 heavy (non-hydrogen) atoms. The van der Waals surface area contributed by atoms with Crippen molar-refractivity contribution in [3.05, 3.63) is 0 Å². The molecule has 0 aromatic rings. The highest BCUT2D eigenvalue weighted by atomic mass is 19.4. The third-order valence-electron chi connectivity index (χ3n) is 4.73. The summed E-state index contributed by atoms with van der Waals surface area (Å²) in [5, 5.41) is 0. The molecule has 0 radical (unpaired) electrons. The molecule has 0 aromatic heterocycles. The number of nitrogens with two attached hydrogens (primary N) is 1. The zero-order chi connectivity index (χ0) is 15.0. The molecule has 1 fully saturated rings. The van der Waals surface area contributed by atoms with E-state index in [2.05, 4.69) is 6.92 Å². The van der Waals surface area contributed by atoms with Gasteiger partial charge in [-0.05, 0) is 38.0 Å². The van der Waals surface area contributed by atoms with Crippen molar-refractivity contribution < 1.29 is 13.2 Å². The third kappa shape index (κ3) is 6.47. The zero-order valence-corrected chi connectivity index (χ0v) is 12.7. The van der Waals surface area contributed by atoms with Crippen LogP contribution in [0.2, 0.25) is 0 Å². The Labute approximate surface area is 121 Å². The highest BCUT2D eigenvalue weighted by molar-refractivity contribution is 4.82. The standard InChI is InChI=1S/C16H30F3N/c1-2-3-4-5-6-7-8-15(20)13-9-11-14(12-10-13)16(17,18)19/h13-15H,2-12,20H2,1H3. The van der Waals surface area contributed by atoms with Crippen LogP contribution in [0.4, 0.5) is 13.2 Å². The van der Waals surface area contributed by atoms with E-state index in [1.165, 1.54) is 32.1 Å². The molecule has 4 heteroatoms. The minimum Gasteiger partial charge on any atom is -0.327 e. The second-order valence-electron chi connectivity index (χ2n) is 6.37. The van der Waals surface area contributed by atoms with Gasteiger partial charge < -0.3 is 5.73 Å². The number of halogens is 3. The number of alkyl halides is 3. The minimum absolute atomic E-state index is 0.107. The average molecular weight is 293 g/mol. The van der Waals surface area contributed by atoms with Crippen LogP contribution in [0.15, 0.2) is 0 Å². The SMILES string of the molecule is CCCCCCCCC(N)C1CCC(C(F)(F)F)CC1. The number of hydrogen-bond donors (Lipinski definition) is 1. The molecule has 0 amide bonds. The van der Waals surface area contributed by atoms with Gasteiger partial charge in [0.1, 0.15) is 0 Å². The van der Waals surface area contributed by atoms with Gasteiger partial charge in [-0.25, -0.2) is 0 Å². The quantitative estimate of drug-likeness (QED) is 0.593. The van der Waals surface area contributed by atoms with Crippen LogP contribution in [-0.4, -0.2) is 12.2 Å². The monoisotopic (exact) mass is 293 g/mol. The van der Waals surface area contributed by atoms with Crippen molar-refractivity contribution in [1.29, 1.82) is 0 Å². The molecule has 1 rings (SSSR count). The maximum absolute atomic E-state index is 12.6. The van der Waals surface area contributed by atoms with Gasteiger partial charge in [0.15, 0.2) is 0 Å². The summed E-state index contributed by atoms with van der Waals surface area (Å²) >= 11 is 0. The second-order valence-corrected chi connectivity index (χ2v) is 6.37. The van der Waals surface area contributed by atoms with Crippen LogP contribution in [0.25, 0.3) is 0 Å². The molecule has 1 unspecified atom stereocenters. The summed E-state index contributed by atoms with van der Waals surface area (Å²) in [7, 11) is 0. The van der Waals surface area contributed by atoms with Gasteiger partial charge in [-0.1, -0.05) is 45.4 Å². The van der Waals surface area contributed by atoms with E-state index < -0.39 is 12.1 Å². The summed E-state index contributed by atoms with van der Waals surface area (Å²) in [4.78, 5) is 0. The molecule has 1 nitrogen and oxygen atoms in total. The van der Waals surface area contributed by atoms with Crippen LogP contribution >= 0.6 is 0 Å². The molecule has 0 heterocycles. The van der Waals surface area contributed by atoms with E-state index in [1.54, 1.807) is 0 Å². The summed E-state index contributed by atoms with van der Waals surface area (Å²) in [6, 6.07) is 0.107. The minimum atomic E-state index is -4.01. The Morgan fingerprint density at radius 2 is 1.50 bits per heavy atom. The van der Waals surface area contributed by atoms with Gasteiger partial charge in [-0.2, -0.15) is 13.2 Å². The van der Waals surface area contributed by atoms with Gasteiger partial charge in [0.05, 0.1) is 5.92 Å². The van der Waals surface area contributed by atoms with Crippen molar-refractivity contribution >= 4 is 0 Å². The second kappa shape index (κ2) is 8.91. The molecule has 0 aromatic carbocycles. The smallest absolute Gasteiger partial charge is 0.327 e. The van der Waals surface area contributed by atoms with Gasteiger partial charge in [0.2, 0.25) is 0 Å². The van der Waals surface area contributed by atoms with E-state index in [0.717, 1.165) is 12.8 Å². The molecule has 1 aliphatic carbocycles. The van der Waals surface area contributed by atoms with Crippen LogP contribution in [0.1, 0.15) is 77.6 Å². The topological polar surface area (TPSA) is 26.0 Å². The molecular formula is C16H30F3N. The predicted octanol–water partition coefficient (Wildman–Crippen LogP) is 5.43. The van der Waals surface area contributed by atoms with Crippen molar-refractivity contribution in [3.8, 4) is 0 Å². The summed E-state index contributed by atoms with van der Waals surface area (Å²) in [5.41, 5.74) is 6.16. The molecule has 1 atom stereocenters. The Balaban J connectivity index is 2.11. The lowest BCUT2D eigenvalue weighted by Crippen LogP contribution is -2.36. The van der Waals surface area contributed by atoms with E-state index >= 15 is 0 Å². The predicted molar refractivity (Wildman–Crippen MR) is 77.5 cm³/mol. The average Bonchev–Trinajstić information content (AvgIpc) is 2.41. The number of hydrogen-bond acceptors (Lipinski definition) is 1. The van der Waals surface area contributed by atoms with Gasteiger partial charge in [0, 0.05) is 6.04 Å². The first-order chi connectivity index (χ1) is 9.45. The van der Waals surface area contributed by atoms with E-state index in [4.69, 9.17) is 5.73 Å². The zero-order valence-electron chi connectivity index (χ0n) is 12.7. The van der Waals surface area contributed by atoms with Gasteiger partial charge in [-0.3, -0.25) is 0 Å². The summed E-state index contributed by atoms with van der Waals surface area (Å²) in [5.74, 6) is -0.774. The van der Waals surface area contributed by atoms with E-state index in [9.17, 15) is 13.2 Å². The number of rotatable bonds is 8. The molecule has 0 spiro atoms. The Morgan fingerprint density at radius 3 is 2.05 bits per heavy atom. The molecule has 1 aliphatic rings. The Hall–Kier alpha value is -0.250. The Morgan fingerprint density at radius 1 is 0.950 bits per heavy atom. The van der Waals surface area contributed by atoms with Crippen molar-refractivity contribution in [2.45, 2.75) is 89.8 Å². The van der Waals surface area contributed by atoms with Crippen LogP contribution in [0.3, 0.4) is 0 Å². The van der Waals surface area contributed by atoms with Crippen LogP contribution in [-0.2, 0) is 0 Å². The molecule has 0 aliphatic heterocycles. The summed E-state index contributed by atoms with van der Waals surface area (Å²) in [6.07, 6.45) is 6.29. The van der Waals surface area contributed by atoms with E-state index in [1.807, 2.05) is 0 Å². The number of unbranched alkanes of at least 4 members (excludes halogenated alkanes) is 5. The molecule has 0 bridgehead atoms. The fourth-order valence-corrected chi connectivity index (χ4v) is 3.27. The fraction of sp³-hybridized carbons (Fsp3) is 1.00. The van der Waals surface area contributed by atoms with Crippen molar-refractivity contribution in [1.82, 2.24) is 0 Å². The largest absolute Gasteiger partial charge is 0.391 e. The normalized spacial score (nSPS) is 25.6. The van der Waals surface area contributed by atoms with Crippen molar-refractivity contribution in [3.63, 3.8) is 0 Å². The summed E-state index contributed by atoms with van der Waals surface area (Å²) in [6.45, 7) is 2.20. The lowest BCUT2D eigenvalue weighted by Gasteiger charge is -2.33. The molecule has 0 saturated heterocycles. The third-order valence-corrected chi connectivity index (χ3v) is 4.73. The van der Waals surface area contributed by atoms with Gasteiger partial charge in [0.25, 0.3) is 0 Å². The maximum Gasteiger partial charge on any atom is 0.391 e. The first-order valence-electron chi connectivity index (χ1n) is 8.27. The molecular weight excluding hydrogens is 263 g/mol. The Kier molecular flexibility index (Phi) is 7.93. The lowest BCUT2D eigenvalue weighted by molar-refractivity contribution is -0.184. The van der Waals surface area contributed by atoms with Crippen molar-refractivity contribution in [2.75, 3.05) is 0 Å². The highest BCUT2D eigenvalue weighted by Crippen LogP contribution is 2.40. The molecule has 1 saturated carbocycles. The van der Waals surface area contributed by atoms with Crippen molar-refractivity contribution in [2.24, 2.45) is 17.6 Å². The van der Waals surface area contributed by atoms with Gasteiger partial charge in [-0.15, -0.1) is 0 Å². The fourth-order valence-electron chi connectivity index (χ4n) is 3.27. The first-order valence-corrected chi connectivity index (χ1v) is 8.27. The van der Waals surface area contributed by atoms with Crippen LogP contribution < -0.4 is 5.73 Å². The summed E-state index contributed by atoms with van der Waals surface area (Å²) < 4.78 is 37.8. The maximum atomic E-state index is 12.6. The first kappa shape index (κ1) is 17.8. The van der Waals surface area contributed by atoms with Gasteiger partial charge >= 0.3 is 6.18 Å². The van der Waals surface area contributed by atoms with Crippen LogP contribution in [0, 0.1) is 11.8 Å². The van der Waals surface area contributed by atoms with Crippen LogP contribution in [0.5, 0.6) is 0 Å². The molecule has 120 valence electrons. The van der Waals surface area contributed by atoms with E-state index in [0.29, 0.717) is 18.8 Å². The molecule has 2 N–H and O–H groups in total. The Bertz CT molecular complexity index is 245. The lowest BCUT2D eigenvalue weighted by atomic mass is 9.77. The highest BCUT2D eigenvalue weighted by Gasteiger charge is 2.41.